The minimum atomic E-state index is -0.314. The van der Waals surface area contributed by atoms with Crippen LogP contribution in [-0.4, -0.2) is 40.9 Å². The smallest absolute Gasteiger partial charge is 0.165 e. The zero-order valence-corrected chi connectivity index (χ0v) is 18.1. The predicted molar refractivity (Wildman–Crippen MR) is 119 cm³/mol. The maximum absolute atomic E-state index is 15.0. The van der Waals surface area contributed by atoms with Crippen LogP contribution in [0.15, 0.2) is 31.1 Å². The van der Waals surface area contributed by atoms with Crippen molar-refractivity contribution >= 4 is 16.9 Å². The number of hydrogen-bond donors (Lipinski definition) is 2. The molecule has 1 aliphatic rings. The molecule has 0 spiro atoms. The van der Waals surface area contributed by atoms with Gasteiger partial charge in [-0.2, -0.15) is 0 Å². The summed E-state index contributed by atoms with van der Waals surface area (Å²) in [5.74, 6) is 1.37. The van der Waals surface area contributed by atoms with Gasteiger partial charge in [-0.05, 0) is 45.4 Å². The Balaban J connectivity index is 1.36. The molecular formula is C23H25FN8. The third-order valence-electron chi connectivity index (χ3n) is 6.10. The quantitative estimate of drug-likeness (QED) is 0.487. The van der Waals surface area contributed by atoms with Gasteiger partial charge in [0.15, 0.2) is 11.6 Å². The van der Waals surface area contributed by atoms with E-state index in [1.807, 2.05) is 13.0 Å². The Hall–Kier alpha value is -3.49. The second kappa shape index (κ2) is 8.57. The van der Waals surface area contributed by atoms with Gasteiger partial charge in [-0.1, -0.05) is 6.42 Å². The largest absolute Gasteiger partial charge is 0.367 e. The molecule has 4 aromatic rings. The molecule has 5 rings (SSSR count). The number of fused-ring (bicyclic) bond motifs is 1. The summed E-state index contributed by atoms with van der Waals surface area (Å²) in [4.78, 5) is 28.9. The topological polar surface area (TPSA) is 105 Å². The van der Waals surface area contributed by atoms with Crippen LogP contribution in [0.25, 0.3) is 22.4 Å². The number of halogens is 1. The van der Waals surface area contributed by atoms with Crippen LogP contribution in [0.4, 0.5) is 10.2 Å². The lowest BCUT2D eigenvalue weighted by molar-refractivity contribution is 0.327. The van der Waals surface area contributed by atoms with E-state index in [9.17, 15) is 4.39 Å². The zero-order valence-electron chi connectivity index (χ0n) is 18.1. The molecule has 1 fully saturated rings. The summed E-state index contributed by atoms with van der Waals surface area (Å²) in [5, 5.41) is 4.35. The van der Waals surface area contributed by atoms with Crippen molar-refractivity contribution in [2.45, 2.75) is 52.0 Å². The molecule has 4 heterocycles. The van der Waals surface area contributed by atoms with Gasteiger partial charge in [0, 0.05) is 41.1 Å². The first-order chi connectivity index (χ1) is 15.6. The van der Waals surface area contributed by atoms with Crippen LogP contribution >= 0.6 is 0 Å². The van der Waals surface area contributed by atoms with Crippen molar-refractivity contribution in [3.05, 3.63) is 54.0 Å². The molecule has 2 atom stereocenters. The lowest BCUT2D eigenvalue weighted by atomic mass is 9.83. The van der Waals surface area contributed by atoms with Crippen molar-refractivity contribution in [2.24, 2.45) is 5.92 Å². The first kappa shape index (κ1) is 20.4. The Bertz CT molecular complexity index is 1250. The van der Waals surface area contributed by atoms with Crippen molar-refractivity contribution in [1.82, 2.24) is 34.9 Å². The van der Waals surface area contributed by atoms with E-state index in [0.717, 1.165) is 48.1 Å². The summed E-state index contributed by atoms with van der Waals surface area (Å²) in [7, 11) is 0. The Kier molecular flexibility index (Phi) is 5.46. The monoisotopic (exact) mass is 432 g/mol. The number of nitrogens with one attached hydrogen (secondary N) is 2. The molecule has 0 aliphatic heterocycles. The summed E-state index contributed by atoms with van der Waals surface area (Å²) in [6.45, 7) is 3.65. The average molecular weight is 433 g/mol. The number of H-pyrrole nitrogens is 1. The maximum Gasteiger partial charge on any atom is 0.165 e. The molecule has 0 unspecified atom stereocenters. The summed E-state index contributed by atoms with van der Waals surface area (Å²) < 4.78 is 15.0. The van der Waals surface area contributed by atoms with E-state index in [1.54, 1.807) is 25.6 Å². The van der Waals surface area contributed by atoms with Gasteiger partial charge in [-0.25, -0.2) is 34.3 Å². The standard InChI is InChI=1S/C23H25FN8/c1-13-6-20(28-12-27-13)31-16-5-3-4-15(7-16)8-19-21(24)14(2)30-23(32-19)18-10-26-22-17(18)9-25-11-29-22/h6,9-12,15-16H,3-5,7-8H2,1-2H3,(H,25,26,29)(H,27,28,31)/t15-,16+/m1/s1. The van der Waals surface area contributed by atoms with E-state index >= 15 is 0 Å². The van der Waals surface area contributed by atoms with Crippen LogP contribution in [0.5, 0.6) is 0 Å². The third-order valence-corrected chi connectivity index (χ3v) is 6.10. The fourth-order valence-corrected chi connectivity index (χ4v) is 4.54. The lowest BCUT2D eigenvalue weighted by Gasteiger charge is -2.30. The van der Waals surface area contributed by atoms with E-state index < -0.39 is 0 Å². The summed E-state index contributed by atoms with van der Waals surface area (Å²) in [5.41, 5.74) is 3.26. The predicted octanol–water partition coefficient (Wildman–Crippen LogP) is 4.17. The third kappa shape index (κ3) is 4.15. The molecule has 4 aromatic heterocycles. The highest BCUT2D eigenvalue weighted by molar-refractivity contribution is 5.90. The second-order valence-corrected chi connectivity index (χ2v) is 8.50. The summed E-state index contributed by atoms with van der Waals surface area (Å²) in [6, 6.07) is 2.26. The van der Waals surface area contributed by atoms with Gasteiger partial charge in [0.05, 0.1) is 11.4 Å². The molecule has 8 nitrogen and oxygen atoms in total. The van der Waals surface area contributed by atoms with Crippen LogP contribution in [-0.2, 0) is 6.42 Å². The van der Waals surface area contributed by atoms with Gasteiger partial charge in [-0.15, -0.1) is 0 Å². The molecule has 9 heteroatoms. The Morgan fingerprint density at radius 2 is 2.03 bits per heavy atom. The highest BCUT2D eigenvalue weighted by Gasteiger charge is 2.25. The van der Waals surface area contributed by atoms with Crippen molar-refractivity contribution in [2.75, 3.05) is 5.32 Å². The van der Waals surface area contributed by atoms with Crippen LogP contribution in [0.1, 0.15) is 42.8 Å². The molecule has 0 bridgehead atoms. The van der Waals surface area contributed by atoms with Crippen molar-refractivity contribution < 1.29 is 4.39 Å². The van der Waals surface area contributed by atoms with Crippen LogP contribution in [0.2, 0.25) is 0 Å². The van der Waals surface area contributed by atoms with Crippen molar-refractivity contribution in [3.63, 3.8) is 0 Å². The fourth-order valence-electron chi connectivity index (χ4n) is 4.54. The fraction of sp³-hybridized carbons (Fsp3) is 0.391. The molecule has 0 aromatic carbocycles. The zero-order chi connectivity index (χ0) is 22.1. The first-order valence-electron chi connectivity index (χ1n) is 10.9. The van der Waals surface area contributed by atoms with Crippen LogP contribution in [0, 0.1) is 25.6 Å². The van der Waals surface area contributed by atoms with E-state index in [2.05, 4.69) is 40.2 Å². The van der Waals surface area contributed by atoms with E-state index in [1.165, 1.54) is 6.33 Å². The minimum Gasteiger partial charge on any atom is -0.367 e. The number of aromatic nitrogens is 7. The van der Waals surface area contributed by atoms with E-state index in [4.69, 9.17) is 0 Å². The molecule has 0 saturated heterocycles. The van der Waals surface area contributed by atoms with Gasteiger partial charge >= 0.3 is 0 Å². The highest BCUT2D eigenvalue weighted by Crippen LogP contribution is 2.31. The average Bonchev–Trinajstić information content (AvgIpc) is 3.21. The molecule has 0 radical (unpaired) electrons. The molecule has 2 N–H and O–H groups in total. The highest BCUT2D eigenvalue weighted by atomic mass is 19.1. The number of rotatable bonds is 5. The minimum absolute atomic E-state index is 0.305. The number of aromatic amines is 1. The second-order valence-electron chi connectivity index (χ2n) is 8.50. The molecular weight excluding hydrogens is 407 g/mol. The van der Waals surface area contributed by atoms with Gasteiger partial charge in [-0.3, -0.25) is 0 Å². The molecule has 1 saturated carbocycles. The van der Waals surface area contributed by atoms with Gasteiger partial charge in [0.2, 0.25) is 0 Å². The van der Waals surface area contributed by atoms with E-state index in [0.29, 0.717) is 41.2 Å². The Morgan fingerprint density at radius 1 is 1.12 bits per heavy atom. The summed E-state index contributed by atoms with van der Waals surface area (Å²) in [6.07, 6.45) is 11.3. The first-order valence-corrected chi connectivity index (χ1v) is 10.9. The maximum atomic E-state index is 15.0. The number of nitrogens with zero attached hydrogens (tertiary/aromatic N) is 6. The van der Waals surface area contributed by atoms with Crippen molar-refractivity contribution in [3.8, 4) is 11.4 Å². The normalized spacial score (nSPS) is 18.7. The van der Waals surface area contributed by atoms with Crippen LogP contribution in [0.3, 0.4) is 0 Å². The van der Waals surface area contributed by atoms with Crippen LogP contribution < -0.4 is 5.32 Å². The molecule has 0 amide bonds. The molecule has 1 aliphatic carbocycles. The molecule has 32 heavy (non-hydrogen) atoms. The van der Waals surface area contributed by atoms with E-state index in [-0.39, 0.29) is 5.82 Å². The van der Waals surface area contributed by atoms with Crippen molar-refractivity contribution in [1.29, 1.82) is 0 Å². The number of anilines is 1. The van der Waals surface area contributed by atoms with Gasteiger partial charge in [0.25, 0.3) is 0 Å². The Morgan fingerprint density at radius 3 is 2.91 bits per heavy atom. The summed E-state index contributed by atoms with van der Waals surface area (Å²) >= 11 is 0. The molecule has 164 valence electrons. The Labute approximate surface area is 185 Å². The number of hydrogen-bond acceptors (Lipinski definition) is 7. The SMILES string of the molecule is Cc1cc(N[C@H]2CCC[C@@H](Cc3nc(-c4c[nH]c5ncncc45)nc(C)c3F)C2)ncn1. The lowest BCUT2D eigenvalue weighted by Crippen LogP contribution is -2.29. The van der Waals surface area contributed by atoms with Gasteiger partial charge in [0.1, 0.15) is 24.1 Å². The number of aryl methyl sites for hydroxylation is 2. The van der Waals surface area contributed by atoms with Gasteiger partial charge < -0.3 is 10.3 Å².